The van der Waals surface area contributed by atoms with Crippen molar-refractivity contribution in [2.45, 2.75) is 91.4 Å². The largest absolute Gasteiger partial charge is 0.486 e. The number of aromatic nitrogens is 5. The van der Waals surface area contributed by atoms with E-state index in [1.807, 2.05) is 31.3 Å². The van der Waals surface area contributed by atoms with E-state index >= 15 is 0 Å². The van der Waals surface area contributed by atoms with Gasteiger partial charge in [0.2, 0.25) is 5.71 Å². The Bertz CT molecular complexity index is 3420. The van der Waals surface area contributed by atoms with E-state index in [-0.39, 0.29) is 25.5 Å². The SMILES string of the molecule is CC(C)Cc1cc(-c2[c-]ccc3ccccc23)nc[c]1[Ge]([CH3])([CH3])[CH3].Cc1cc2nc(-c3[c-]cc(C)c4c3oc3nc(-c5c(C)cccc5C)ccc34)n(-c3ccc(C(C)(C)C)cc3)c2cn1.[Ir]. The Hall–Kier alpha value is -5.73. The van der Waals surface area contributed by atoms with Crippen LogP contribution in [0, 0.1) is 45.7 Å². The summed E-state index contributed by atoms with van der Waals surface area (Å²) >= 11 is -1.92. The van der Waals surface area contributed by atoms with Gasteiger partial charge in [-0.1, -0.05) is 69.0 Å². The van der Waals surface area contributed by atoms with Crippen molar-refractivity contribution in [1.82, 2.24) is 24.5 Å². The molecule has 10 rings (SSSR count). The monoisotopic (exact) mass is 1120 g/mol. The van der Waals surface area contributed by atoms with E-state index in [9.17, 15) is 0 Å². The summed E-state index contributed by atoms with van der Waals surface area (Å²) in [6.45, 7) is 19.6. The van der Waals surface area contributed by atoms with Gasteiger partial charge in [-0.15, -0.1) is 17.7 Å². The third kappa shape index (κ3) is 9.44. The smallest absolute Gasteiger partial charge is 0.216 e. The zero-order valence-electron chi connectivity index (χ0n) is 40.8. The van der Waals surface area contributed by atoms with E-state index in [1.165, 1.54) is 37.4 Å². The van der Waals surface area contributed by atoms with Gasteiger partial charge in [-0.2, -0.15) is 0 Å². The van der Waals surface area contributed by atoms with Gasteiger partial charge in [0.15, 0.2) is 0 Å². The van der Waals surface area contributed by atoms with Gasteiger partial charge < -0.3 is 8.98 Å². The molecule has 0 fully saturated rings. The number of pyridine rings is 3. The molecular weight excluding hydrogens is 1060 g/mol. The third-order valence-corrected chi connectivity index (χ3v) is 17.0. The molecule has 0 saturated carbocycles. The minimum absolute atomic E-state index is 0. The Morgan fingerprint density at radius 3 is 2.15 bits per heavy atom. The first kappa shape index (κ1) is 47.8. The van der Waals surface area contributed by atoms with Crippen LogP contribution in [0.5, 0.6) is 0 Å². The number of imidazole rings is 1. The van der Waals surface area contributed by atoms with E-state index in [0.29, 0.717) is 11.6 Å². The average Bonchev–Trinajstić information content (AvgIpc) is 3.84. The maximum Gasteiger partial charge on any atom is 0.216 e. The fourth-order valence-electron chi connectivity index (χ4n) is 9.30. The van der Waals surface area contributed by atoms with Crippen LogP contribution in [0.15, 0.2) is 126 Å². The minimum Gasteiger partial charge on any atom is -0.486 e. The summed E-state index contributed by atoms with van der Waals surface area (Å²) in [4.78, 5) is 19.6. The van der Waals surface area contributed by atoms with Gasteiger partial charge in [0.1, 0.15) is 0 Å². The molecule has 10 aromatic rings. The Balaban J connectivity index is 0.000000208. The molecule has 0 atom stereocenters. The van der Waals surface area contributed by atoms with E-state index in [0.717, 1.165) is 84.7 Å². The van der Waals surface area contributed by atoms with Crippen molar-refractivity contribution in [3.63, 3.8) is 0 Å². The number of nitrogens with zero attached hydrogens (tertiary/aromatic N) is 5. The number of fused-ring (bicyclic) bond motifs is 5. The second-order valence-corrected chi connectivity index (χ2v) is 30.9. The summed E-state index contributed by atoms with van der Waals surface area (Å²) in [5.74, 6) is 8.76. The molecule has 67 heavy (non-hydrogen) atoms. The van der Waals surface area contributed by atoms with Crippen LogP contribution < -0.4 is 4.40 Å². The molecule has 8 heteroatoms. The maximum absolute atomic E-state index is 6.62. The van der Waals surface area contributed by atoms with Crippen molar-refractivity contribution >= 4 is 61.5 Å². The fourth-order valence-corrected chi connectivity index (χ4v) is 12.6. The van der Waals surface area contributed by atoms with Gasteiger partial charge in [-0.05, 0) is 73.2 Å². The van der Waals surface area contributed by atoms with Gasteiger partial charge in [-0.25, -0.2) is 4.98 Å². The number of rotatable bonds is 7. The molecule has 0 spiro atoms. The predicted molar refractivity (Wildman–Crippen MR) is 279 cm³/mol. The molecule has 0 unspecified atom stereocenters. The van der Waals surface area contributed by atoms with Gasteiger partial charge in [0, 0.05) is 42.4 Å². The minimum atomic E-state index is -1.92. The molecule has 5 aromatic heterocycles. The topological polar surface area (TPSA) is 69.6 Å². The second kappa shape index (κ2) is 18.7. The predicted octanol–water partition coefficient (Wildman–Crippen LogP) is 14.8. The van der Waals surface area contributed by atoms with Gasteiger partial charge in [0.25, 0.3) is 0 Å². The van der Waals surface area contributed by atoms with Gasteiger partial charge in [0.05, 0.1) is 34.3 Å². The summed E-state index contributed by atoms with van der Waals surface area (Å²) in [6.07, 6.45) is 5.18. The van der Waals surface area contributed by atoms with E-state index in [4.69, 9.17) is 19.4 Å². The van der Waals surface area contributed by atoms with Crippen molar-refractivity contribution in [1.29, 1.82) is 0 Å². The first-order valence-electron chi connectivity index (χ1n) is 23.1. The average molecular weight is 1120 g/mol. The summed E-state index contributed by atoms with van der Waals surface area (Å²) in [5, 5.41) is 4.50. The summed E-state index contributed by atoms with van der Waals surface area (Å²) < 4.78 is 10.3. The molecule has 5 aromatic carbocycles. The van der Waals surface area contributed by atoms with E-state index in [1.54, 1.807) is 0 Å². The molecule has 0 N–H and O–H groups in total. The van der Waals surface area contributed by atoms with Crippen LogP contribution in [0.2, 0.25) is 17.3 Å². The molecule has 0 aliphatic carbocycles. The molecule has 0 bridgehead atoms. The van der Waals surface area contributed by atoms with Crippen LogP contribution in [-0.2, 0) is 31.9 Å². The zero-order chi connectivity index (χ0) is 46.7. The number of furan rings is 1. The molecule has 1 radical (unpaired) electrons. The van der Waals surface area contributed by atoms with Crippen LogP contribution >= 0.6 is 0 Å². The molecule has 0 aliphatic rings. The van der Waals surface area contributed by atoms with Crippen molar-refractivity contribution in [2.75, 3.05) is 0 Å². The van der Waals surface area contributed by atoms with E-state index < -0.39 is 13.3 Å². The number of benzene rings is 5. The fraction of sp³-hybridized carbons (Fsp3) is 0.254. The van der Waals surface area contributed by atoms with Crippen molar-refractivity contribution in [3.8, 4) is 39.6 Å². The molecule has 0 aliphatic heterocycles. The van der Waals surface area contributed by atoms with E-state index in [2.05, 4.69) is 192 Å². The molecule has 6 nitrogen and oxygen atoms in total. The maximum atomic E-state index is 6.62. The second-order valence-electron chi connectivity index (χ2n) is 20.4. The number of aryl methyl sites for hydroxylation is 4. The van der Waals surface area contributed by atoms with Gasteiger partial charge in [-0.3, -0.25) is 9.97 Å². The van der Waals surface area contributed by atoms with Crippen LogP contribution in [-0.4, -0.2) is 37.8 Å². The van der Waals surface area contributed by atoms with Crippen LogP contribution in [0.3, 0.4) is 0 Å². The Morgan fingerprint density at radius 1 is 0.716 bits per heavy atom. The normalized spacial score (nSPS) is 12.0. The quantitative estimate of drug-likeness (QED) is 0.117. The first-order chi connectivity index (χ1) is 31.5. The zero-order valence-corrected chi connectivity index (χ0v) is 45.3. The van der Waals surface area contributed by atoms with Gasteiger partial charge >= 0.3 is 148 Å². The first-order valence-corrected chi connectivity index (χ1v) is 30.5. The standard InChI is InChI=1S/C37H33N4O.C22H26GeN.Ir/c1-21-9-8-10-22(2)32(21)29-18-17-27-33-23(3)11-16-28(34(33)42-36(27)40-29)35-39-30-19-24(4)38-20-31(30)41(35)26-14-12-25(13-15-26)37(5,6)7;1-16(2)13-18-14-22(24-15-21(18)23(3,4)5)20-12-8-10-17-9-6-7-11-19(17)20;/h8-15,17-20H,1-7H3;6-11,14-16H,13H2,1-5H3;/q2*-1;. The summed E-state index contributed by atoms with van der Waals surface area (Å²) in [7, 11) is 0. The van der Waals surface area contributed by atoms with Crippen LogP contribution in [0.25, 0.3) is 83.5 Å². The van der Waals surface area contributed by atoms with Crippen LogP contribution in [0.4, 0.5) is 0 Å². The molecule has 0 saturated heterocycles. The molecule has 0 amide bonds. The molecule has 341 valence electrons. The van der Waals surface area contributed by atoms with Crippen molar-refractivity contribution in [2.24, 2.45) is 5.92 Å². The number of hydrogen-bond donors (Lipinski definition) is 0. The summed E-state index contributed by atoms with van der Waals surface area (Å²) in [5.41, 5.74) is 16.4. The molecular formula is C59H59GeIrN5O-2. The Morgan fingerprint density at radius 2 is 1.45 bits per heavy atom. The Kier molecular flexibility index (Phi) is 13.4. The Labute approximate surface area is 412 Å². The summed E-state index contributed by atoms with van der Waals surface area (Å²) in [6, 6.07) is 45.2. The van der Waals surface area contributed by atoms with Crippen molar-refractivity contribution < 1.29 is 24.5 Å². The third-order valence-electron chi connectivity index (χ3n) is 12.6. The van der Waals surface area contributed by atoms with Crippen molar-refractivity contribution in [3.05, 3.63) is 167 Å². The number of hydrogen-bond acceptors (Lipinski definition) is 5. The molecule has 5 heterocycles. The van der Waals surface area contributed by atoms with Crippen LogP contribution in [0.1, 0.15) is 68.1 Å².